The lowest BCUT2D eigenvalue weighted by atomic mass is 10.3. The number of nitrogens with one attached hydrogen (secondary N) is 2. The summed E-state index contributed by atoms with van der Waals surface area (Å²) in [6.45, 7) is 2.10. The zero-order valence-corrected chi connectivity index (χ0v) is 16.7. The Hall–Kier alpha value is -2.97. The summed E-state index contributed by atoms with van der Waals surface area (Å²) < 4.78 is 6.89. The Balaban J connectivity index is 1.30. The number of thiazole rings is 1. The molecule has 4 aromatic rings. The van der Waals surface area contributed by atoms with E-state index in [-0.39, 0.29) is 24.9 Å². The third-order valence-corrected chi connectivity index (χ3v) is 6.05. The van der Waals surface area contributed by atoms with Crippen LogP contribution in [0.3, 0.4) is 0 Å². The van der Waals surface area contributed by atoms with Crippen LogP contribution >= 0.6 is 22.7 Å². The Bertz CT molecular complexity index is 1110. The number of aromatic nitrogens is 1. The van der Waals surface area contributed by atoms with Crippen LogP contribution in [0.5, 0.6) is 0 Å². The fourth-order valence-corrected chi connectivity index (χ4v) is 4.33. The standard InChI is InChI=1S/C20H17N3O3S2/c1-12-6-9-17(27-12)19(25)22-11-18(24)21-10-13-7-8-15(26-13)20-23-14-4-2-3-5-16(14)28-20/h2-9H,10-11H2,1H3,(H,21,24)(H,22,25). The molecule has 0 aliphatic rings. The Kier molecular flexibility index (Phi) is 5.23. The molecule has 0 bridgehead atoms. The van der Waals surface area contributed by atoms with Gasteiger partial charge < -0.3 is 15.1 Å². The van der Waals surface area contributed by atoms with E-state index in [0.717, 1.165) is 20.1 Å². The van der Waals surface area contributed by atoms with E-state index in [9.17, 15) is 9.59 Å². The minimum atomic E-state index is -0.278. The molecule has 2 N–H and O–H groups in total. The first kappa shape index (κ1) is 18.4. The summed E-state index contributed by atoms with van der Waals surface area (Å²) in [5, 5.41) is 6.16. The zero-order chi connectivity index (χ0) is 19.5. The van der Waals surface area contributed by atoms with E-state index in [1.165, 1.54) is 11.3 Å². The fourth-order valence-electron chi connectivity index (χ4n) is 2.62. The Morgan fingerprint density at radius 3 is 2.68 bits per heavy atom. The SMILES string of the molecule is Cc1ccc(C(=O)NCC(=O)NCc2ccc(-c3nc4ccccc4s3)o2)s1. The number of para-hydroxylation sites is 1. The Morgan fingerprint density at radius 1 is 1.04 bits per heavy atom. The van der Waals surface area contributed by atoms with Crippen LogP contribution in [-0.2, 0) is 11.3 Å². The lowest BCUT2D eigenvalue weighted by Crippen LogP contribution is -2.36. The molecule has 0 spiro atoms. The molecule has 8 heteroatoms. The van der Waals surface area contributed by atoms with Crippen LogP contribution in [0.4, 0.5) is 0 Å². The number of furan rings is 1. The molecule has 0 saturated heterocycles. The molecule has 2 amide bonds. The van der Waals surface area contributed by atoms with Crippen molar-refractivity contribution in [2.45, 2.75) is 13.5 Å². The first-order chi connectivity index (χ1) is 13.6. The fraction of sp³-hybridized carbons (Fsp3) is 0.150. The van der Waals surface area contributed by atoms with Gasteiger partial charge in [-0.3, -0.25) is 9.59 Å². The van der Waals surface area contributed by atoms with Crippen molar-refractivity contribution in [3.63, 3.8) is 0 Å². The highest BCUT2D eigenvalue weighted by Crippen LogP contribution is 2.31. The van der Waals surface area contributed by atoms with Gasteiger partial charge in [0.1, 0.15) is 5.76 Å². The molecule has 0 aliphatic carbocycles. The largest absolute Gasteiger partial charge is 0.457 e. The van der Waals surface area contributed by atoms with Gasteiger partial charge in [-0.1, -0.05) is 12.1 Å². The summed E-state index contributed by atoms with van der Waals surface area (Å²) in [4.78, 5) is 30.2. The zero-order valence-electron chi connectivity index (χ0n) is 15.0. The molecule has 142 valence electrons. The monoisotopic (exact) mass is 411 g/mol. The van der Waals surface area contributed by atoms with E-state index in [2.05, 4.69) is 15.6 Å². The van der Waals surface area contributed by atoms with E-state index >= 15 is 0 Å². The summed E-state index contributed by atoms with van der Waals surface area (Å²) >= 11 is 2.96. The van der Waals surface area contributed by atoms with Crippen LogP contribution in [0.2, 0.25) is 0 Å². The molecule has 3 aromatic heterocycles. The molecule has 1 aromatic carbocycles. The van der Waals surface area contributed by atoms with Gasteiger partial charge in [-0.25, -0.2) is 4.98 Å². The van der Waals surface area contributed by atoms with Crippen LogP contribution in [0.15, 0.2) is 52.9 Å². The third kappa shape index (κ3) is 4.13. The van der Waals surface area contributed by atoms with Gasteiger partial charge in [0.05, 0.1) is 28.2 Å². The first-order valence-corrected chi connectivity index (χ1v) is 10.3. The third-order valence-electron chi connectivity index (χ3n) is 4.00. The van der Waals surface area contributed by atoms with Crippen LogP contribution in [0.25, 0.3) is 21.0 Å². The van der Waals surface area contributed by atoms with E-state index in [0.29, 0.717) is 16.4 Å². The van der Waals surface area contributed by atoms with Crippen LogP contribution in [-0.4, -0.2) is 23.3 Å². The predicted molar refractivity (Wildman–Crippen MR) is 111 cm³/mol. The van der Waals surface area contributed by atoms with Gasteiger partial charge in [-0.05, 0) is 43.3 Å². The van der Waals surface area contributed by atoms with Gasteiger partial charge in [0.2, 0.25) is 5.91 Å². The number of benzene rings is 1. The molecule has 4 rings (SSSR count). The van der Waals surface area contributed by atoms with Gasteiger partial charge in [0, 0.05) is 4.88 Å². The highest BCUT2D eigenvalue weighted by Gasteiger charge is 2.12. The average molecular weight is 412 g/mol. The number of hydrogen-bond acceptors (Lipinski definition) is 6. The molecular weight excluding hydrogens is 394 g/mol. The summed E-state index contributed by atoms with van der Waals surface area (Å²) in [5.74, 6) is 0.776. The smallest absolute Gasteiger partial charge is 0.261 e. The number of fused-ring (bicyclic) bond motifs is 1. The molecule has 3 heterocycles. The summed E-state index contributed by atoms with van der Waals surface area (Å²) in [5.41, 5.74) is 0.936. The normalized spacial score (nSPS) is 10.9. The quantitative estimate of drug-likeness (QED) is 0.503. The average Bonchev–Trinajstić information content (AvgIpc) is 3.42. The summed E-state index contributed by atoms with van der Waals surface area (Å²) in [7, 11) is 0. The summed E-state index contributed by atoms with van der Waals surface area (Å²) in [6, 6.07) is 15.2. The lowest BCUT2D eigenvalue weighted by Gasteiger charge is -2.04. The van der Waals surface area contributed by atoms with Crippen LogP contribution < -0.4 is 10.6 Å². The lowest BCUT2D eigenvalue weighted by molar-refractivity contribution is -0.120. The van der Waals surface area contributed by atoms with Crippen molar-refractivity contribution >= 4 is 44.7 Å². The number of aryl methyl sites for hydroxylation is 1. The van der Waals surface area contributed by atoms with Gasteiger partial charge in [-0.2, -0.15) is 0 Å². The van der Waals surface area contributed by atoms with E-state index in [1.54, 1.807) is 17.4 Å². The maximum atomic E-state index is 12.0. The second kappa shape index (κ2) is 7.95. The maximum absolute atomic E-state index is 12.0. The Morgan fingerprint density at radius 2 is 1.89 bits per heavy atom. The van der Waals surface area contributed by atoms with Crippen molar-refractivity contribution < 1.29 is 14.0 Å². The topological polar surface area (TPSA) is 84.2 Å². The van der Waals surface area contributed by atoms with Gasteiger partial charge in [0.25, 0.3) is 5.91 Å². The van der Waals surface area contributed by atoms with Crippen molar-refractivity contribution in [1.29, 1.82) is 0 Å². The number of nitrogens with zero attached hydrogens (tertiary/aromatic N) is 1. The minimum absolute atomic E-state index is 0.0821. The number of thiophene rings is 1. The second-order valence-corrected chi connectivity index (χ2v) is 8.44. The number of carbonyl (C=O) groups excluding carboxylic acids is 2. The van der Waals surface area contributed by atoms with Crippen molar-refractivity contribution in [2.75, 3.05) is 6.54 Å². The minimum Gasteiger partial charge on any atom is -0.457 e. The maximum Gasteiger partial charge on any atom is 0.261 e. The highest BCUT2D eigenvalue weighted by molar-refractivity contribution is 7.21. The van der Waals surface area contributed by atoms with Crippen molar-refractivity contribution in [3.8, 4) is 10.8 Å². The number of hydrogen-bond donors (Lipinski definition) is 2. The number of rotatable bonds is 6. The predicted octanol–water partition coefficient (Wildman–Crippen LogP) is 3.97. The van der Waals surface area contributed by atoms with E-state index < -0.39 is 0 Å². The van der Waals surface area contributed by atoms with Crippen molar-refractivity contribution in [3.05, 3.63) is 64.0 Å². The molecule has 0 saturated carbocycles. The second-order valence-electron chi connectivity index (χ2n) is 6.12. The van der Waals surface area contributed by atoms with Crippen molar-refractivity contribution in [2.24, 2.45) is 0 Å². The van der Waals surface area contributed by atoms with Gasteiger partial charge in [0.15, 0.2) is 10.8 Å². The molecule has 0 atom stereocenters. The number of carbonyl (C=O) groups is 2. The first-order valence-electron chi connectivity index (χ1n) is 8.64. The molecule has 0 aliphatic heterocycles. The molecular formula is C20H17N3O3S2. The molecule has 6 nitrogen and oxygen atoms in total. The van der Waals surface area contributed by atoms with Gasteiger partial charge >= 0.3 is 0 Å². The Labute approximate surface area is 169 Å². The van der Waals surface area contributed by atoms with Crippen LogP contribution in [0.1, 0.15) is 20.3 Å². The summed E-state index contributed by atoms with van der Waals surface area (Å²) in [6.07, 6.45) is 0. The molecule has 0 radical (unpaired) electrons. The van der Waals surface area contributed by atoms with E-state index in [1.807, 2.05) is 49.4 Å². The molecule has 28 heavy (non-hydrogen) atoms. The van der Waals surface area contributed by atoms with Crippen molar-refractivity contribution in [1.82, 2.24) is 15.6 Å². The van der Waals surface area contributed by atoms with E-state index in [4.69, 9.17) is 4.42 Å². The molecule has 0 unspecified atom stereocenters. The highest BCUT2D eigenvalue weighted by atomic mass is 32.1. The molecule has 0 fully saturated rings. The van der Waals surface area contributed by atoms with Crippen LogP contribution in [0, 0.1) is 6.92 Å². The number of amides is 2. The van der Waals surface area contributed by atoms with Gasteiger partial charge in [-0.15, -0.1) is 22.7 Å².